The van der Waals surface area contributed by atoms with E-state index in [9.17, 15) is 4.91 Å². The molecular formula is C11H15NO. The van der Waals surface area contributed by atoms with Crippen molar-refractivity contribution in [1.82, 2.24) is 0 Å². The van der Waals surface area contributed by atoms with Gasteiger partial charge in [-0.25, -0.2) is 0 Å². The van der Waals surface area contributed by atoms with Crippen molar-refractivity contribution in [1.29, 1.82) is 0 Å². The molecule has 1 rings (SSSR count). The fourth-order valence-electron chi connectivity index (χ4n) is 1.21. The number of rotatable bonds is 2. The average molecular weight is 177 g/mol. The summed E-state index contributed by atoms with van der Waals surface area (Å²) in [6.07, 6.45) is 0. The maximum absolute atomic E-state index is 10.1. The zero-order chi connectivity index (χ0) is 9.90. The summed E-state index contributed by atoms with van der Waals surface area (Å²) in [5.74, 6) is 0. The SMILES string of the molecule is CC(C)(C)c1cccc(CN=O)c1. The molecule has 0 heterocycles. The molecule has 0 fully saturated rings. The highest BCUT2D eigenvalue weighted by Crippen LogP contribution is 2.22. The van der Waals surface area contributed by atoms with Gasteiger partial charge in [-0.3, -0.25) is 0 Å². The van der Waals surface area contributed by atoms with Gasteiger partial charge in [0.15, 0.2) is 0 Å². The van der Waals surface area contributed by atoms with Crippen molar-refractivity contribution >= 4 is 0 Å². The van der Waals surface area contributed by atoms with E-state index < -0.39 is 0 Å². The number of hydrogen-bond acceptors (Lipinski definition) is 2. The van der Waals surface area contributed by atoms with Crippen LogP contribution in [-0.2, 0) is 12.0 Å². The van der Waals surface area contributed by atoms with E-state index in [1.807, 2.05) is 18.2 Å². The Kier molecular flexibility index (Phi) is 2.81. The fraction of sp³-hybridized carbons (Fsp3) is 0.455. The Labute approximate surface area is 79.0 Å². The topological polar surface area (TPSA) is 29.4 Å². The molecule has 0 aromatic heterocycles. The van der Waals surface area contributed by atoms with Crippen molar-refractivity contribution in [2.45, 2.75) is 32.7 Å². The largest absolute Gasteiger partial charge is 0.150 e. The van der Waals surface area contributed by atoms with Crippen LogP contribution in [0, 0.1) is 4.91 Å². The molecule has 0 radical (unpaired) electrons. The molecule has 0 N–H and O–H groups in total. The molecule has 0 spiro atoms. The van der Waals surface area contributed by atoms with E-state index in [1.165, 1.54) is 5.56 Å². The summed E-state index contributed by atoms with van der Waals surface area (Å²) in [6, 6.07) is 8.02. The molecule has 0 amide bonds. The molecule has 2 heteroatoms. The number of benzene rings is 1. The molecule has 0 unspecified atom stereocenters. The Balaban J connectivity index is 2.98. The van der Waals surface area contributed by atoms with Crippen LogP contribution in [0.3, 0.4) is 0 Å². The molecule has 70 valence electrons. The van der Waals surface area contributed by atoms with Crippen molar-refractivity contribution in [2.24, 2.45) is 5.18 Å². The molecule has 0 saturated carbocycles. The van der Waals surface area contributed by atoms with Crippen molar-refractivity contribution in [3.05, 3.63) is 40.3 Å². The molecule has 13 heavy (non-hydrogen) atoms. The van der Waals surface area contributed by atoms with Crippen molar-refractivity contribution in [3.8, 4) is 0 Å². The predicted molar refractivity (Wildman–Crippen MR) is 54.6 cm³/mol. The molecule has 0 aliphatic rings. The van der Waals surface area contributed by atoms with Gasteiger partial charge in [0.25, 0.3) is 0 Å². The predicted octanol–water partition coefficient (Wildman–Crippen LogP) is 3.25. The van der Waals surface area contributed by atoms with Gasteiger partial charge in [0.1, 0.15) is 6.54 Å². The van der Waals surface area contributed by atoms with E-state index >= 15 is 0 Å². The third kappa shape index (κ3) is 2.65. The standard InChI is InChI=1S/C11H15NO/c1-11(2,3)10-6-4-5-9(7-10)8-12-13/h4-7H,8H2,1-3H3. The van der Waals surface area contributed by atoms with Crippen LogP contribution in [0.4, 0.5) is 0 Å². The molecule has 0 saturated heterocycles. The van der Waals surface area contributed by atoms with Gasteiger partial charge in [0, 0.05) is 0 Å². The molecule has 1 aromatic rings. The zero-order valence-electron chi connectivity index (χ0n) is 8.37. The molecule has 1 aromatic carbocycles. The van der Waals surface area contributed by atoms with Gasteiger partial charge in [-0.15, -0.1) is 0 Å². The fourth-order valence-corrected chi connectivity index (χ4v) is 1.21. The second-order valence-corrected chi connectivity index (χ2v) is 4.24. The van der Waals surface area contributed by atoms with Gasteiger partial charge in [-0.1, -0.05) is 50.2 Å². The summed E-state index contributed by atoms with van der Waals surface area (Å²) in [4.78, 5) is 10.1. The van der Waals surface area contributed by atoms with Crippen LogP contribution in [0.2, 0.25) is 0 Å². The molecule has 0 aliphatic carbocycles. The Bertz CT molecular complexity index is 299. The first-order valence-corrected chi connectivity index (χ1v) is 4.42. The Morgan fingerprint density at radius 2 is 2.00 bits per heavy atom. The molecular weight excluding hydrogens is 162 g/mol. The van der Waals surface area contributed by atoms with Gasteiger partial charge >= 0.3 is 0 Å². The van der Waals surface area contributed by atoms with Crippen LogP contribution >= 0.6 is 0 Å². The summed E-state index contributed by atoms with van der Waals surface area (Å²) < 4.78 is 0. The smallest absolute Gasteiger partial charge is 0.106 e. The lowest BCUT2D eigenvalue weighted by Gasteiger charge is -2.19. The number of hydrogen-bond donors (Lipinski definition) is 0. The summed E-state index contributed by atoms with van der Waals surface area (Å²) in [6.45, 7) is 6.73. The molecule has 2 nitrogen and oxygen atoms in total. The maximum Gasteiger partial charge on any atom is 0.106 e. The second-order valence-electron chi connectivity index (χ2n) is 4.24. The Morgan fingerprint density at radius 3 is 2.54 bits per heavy atom. The maximum atomic E-state index is 10.1. The minimum atomic E-state index is 0.138. The Morgan fingerprint density at radius 1 is 1.31 bits per heavy atom. The third-order valence-electron chi connectivity index (χ3n) is 2.04. The van der Waals surface area contributed by atoms with Crippen LogP contribution in [0.15, 0.2) is 29.4 Å². The van der Waals surface area contributed by atoms with Crippen LogP contribution in [0.1, 0.15) is 31.9 Å². The quantitative estimate of drug-likeness (QED) is 0.637. The average Bonchev–Trinajstić information content (AvgIpc) is 2.04. The van der Waals surface area contributed by atoms with Gasteiger partial charge in [-0.05, 0) is 16.5 Å². The highest BCUT2D eigenvalue weighted by Gasteiger charge is 2.13. The van der Waals surface area contributed by atoms with E-state index in [0.717, 1.165) is 5.56 Å². The van der Waals surface area contributed by atoms with Crippen LogP contribution in [-0.4, -0.2) is 0 Å². The highest BCUT2D eigenvalue weighted by molar-refractivity contribution is 5.28. The molecule has 0 atom stereocenters. The first-order chi connectivity index (χ1) is 6.04. The number of nitrogens with zero attached hydrogens (tertiary/aromatic N) is 1. The van der Waals surface area contributed by atoms with Gasteiger partial charge in [-0.2, -0.15) is 4.91 Å². The van der Waals surface area contributed by atoms with E-state index in [4.69, 9.17) is 0 Å². The van der Waals surface area contributed by atoms with Crippen molar-refractivity contribution < 1.29 is 0 Å². The van der Waals surface area contributed by atoms with Gasteiger partial charge < -0.3 is 0 Å². The molecule has 0 aliphatic heterocycles. The van der Waals surface area contributed by atoms with E-state index in [1.54, 1.807) is 0 Å². The van der Waals surface area contributed by atoms with E-state index in [0.29, 0.717) is 0 Å². The second kappa shape index (κ2) is 3.69. The van der Waals surface area contributed by atoms with Gasteiger partial charge in [0.2, 0.25) is 0 Å². The first kappa shape index (κ1) is 9.90. The lowest BCUT2D eigenvalue weighted by Crippen LogP contribution is -2.11. The monoisotopic (exact) mass is 177 g/mol. The van der Waals surface area contributed by atoms with Crippen LogP contribution in [0.25, 0.3) is 0 Å². The lowest BCUT2D eigenvalue weighted by molar-refractivity contribution is 0.589. The lowest BCUT2D eigenvalue weighted by atomic mass is 9.86. The minimum Gasteiger partial charge on any atom is -0.150 e. The summed E-state index contributed by atoms with van der Waals surface area (Å²) in [5.41, 5.74) is 2.37. The summed E-state index contributed by atoms with van der Waals surface area (Å²) >= 11 is 0. The minimum absolute atomic E-state index is 0.138. The number of nitroso groups, excluding NO2 is 1. The first-order valence-electron chi connectivity index (χ1n) is 4.42. The van der Waals surface area contributed by atoms with E-state index in [-0.39, 0.29) is 12.0 Å². The summed E-state index contributed by atoms with van der Waals surface area (Å²) in [7, 11) is 0. The zero-order valence-corrected chi connectivity index (χ0v) is 8.37. The van der Waals surface area contributed by atoms with Crippen LogP contribution < -0.4 is 0 Å². The van der Waals surface area contributed by atoms with E-state index in [2.05, 4.69) is 32.0 Å². The third-order valence-corrected chi connectivity index (χ3v) is 2.04. The van der Waals surface area contributed by atoms with Gasteiger partial charge in [0.05, 0.1) is 0 Å². The van der Waals surface area contributed by atoms with Crippen LogP contribution in [0.5, 0.6) is 0 Å². The van der Waals surface area contributed by atoms with Crippen molar-refractivity contribution in [2.75, 3.05) is 0 Å². The Hall–Kier alpha value is -1.18. The summed E-state index contributed by atoms with van der Waals surface area (Å²) in [5, 5.41) is 2.88. The normalized spacial score (nSPS) is 11.3. The molecule has 0 bridgehead atoms. The van der Waals surface area contributed by atoms with Crippen molar-refractivity contribution in [3.63, 3.8) is 0 Å². The highest BCUT2D eigenvalue weighted by atomic mass is 16.3.